The van der Waals surface area contributed by atoms with Gasteiger partial charge in [0.2, 0.25) is 0 Å². The molecule has 0 aliphatic heterocycles. The number of fused-ring (bicyclic) bond motifs is 7. The molecule has 10 rings (SSSR count). The van der Waals surface area contributed by atoms with Crippen LogP contribution in [-0.4, -0.2) is 9.97 Å². The number of rotatable bonds is 5. The van der Waals surface area contributed by atoms with Gasteiger partial charge in [-0.3, -0.25) is 0 Å². The zero-order valence-corrected chi connectivity index (χ0v) is 29.0. The van der Waals surface area contributed by atoms with Crippen LogP contribution in [-0.2, 0) is 5.41 Å². The Morgan fingerprint density at radius 3 is 1.67 bits per heavy atom. The summed E-state index contributed by atoms with van der Waals surface area (Å²) in [5, 5.41) is 2.31. The fourth-order valence-corrected chi connectivity index (χ4v) is 8.15. The van der Waals surface area contributed by atoms with E-state index in [1.54, 1.807) is 0 Å². The predicted octanol–water partition coefficient (Wildman–Crippen LogP) is 13.0. The van der Waals surface area contributed by atoms with Crippen LogP contribution >= 0.6 is 0 Å². The van der Waals surface area contributed by atoms with Gasteiger partial charge in [0.15, 0.2) is 5.82 Å². The van der Waals surface area contributed by atoms with E-state index < -0.39 is 0 Å². The molecule has 0 N–H and O–H groups in total. The Labute approximate surface area is 302 Å². The Hall–Kier alpha value is -6.58. The molecule has 1 aliphatic carbocycles. The molecule has 0 atom stereocenters. The van der Waals surface area contributed by atoms with E-state index in [0.29, 0.717) is 5.82 Å². The molecule has 9 aromatic rings. The minimum Gasteiger partial charge on any atom is -0.455 e. The summed E-state index contributed by atoms with van der Waals surface area (Å²) in [5.41, 5.74) is 16.2. The summed E-state index contributed by atoms with van der Waals surface area (Å²) in [6, 6.07) is 59.9. The zero-order valence-electron chi connectivity index (χ0n) is 29.0. The van der Waals surface area contributed by atoms with Gasteiger partial charge in [0.05, 0.1) is 11.4 Å². The highest BCUT2D eigenvalue weighted by Crippen LogP contribution is 2.53. The number of hydrogen-bond acceptors (Lipinski definition) is 3. The van der Waals surface area contributed by atoms with Crippen molar-refractivity contribution >= 4 is 21.9 Å². The molecular formula is C49H34N2O. The number of hydrogen-bond donors (Lipinski definition) is 0. The van der Waals surface area contributed by atoms with Crippen molar-refractivity contribution in [3.8, 4) is 67.3 Å². The van der Waals surface area contributed by atoms with Gasteiger partial charge in [0.25, 0.3) is 0 Å². The standard InChI is InChI=1S/C49H34N2O/c1-49(2)41-27-25-33(29-40(41)46-42(49)28-26-38-37-22-13-14-24-45(37)52-47(38)46)34-19-9-10-20-35(34)36-21-11-12-23-39(36)48-50-43(31-15-5-3-6-16-31)30-44(51-48)32-17-7-4-8-18-32/h3-30H,1-2H3. The van der Waals surface area contributed by atoms with Gasteiger partial charge in [-0.15, -0.1) is 0 Å². The first-order valence-corrected chi connectivity index (χ1v) is 17.8. The number of para-hydroxylation sites is 1. The number of nitrogens with zero attached hydrogens (tertiary/aromatic N) is 2. The maximum absolute atomic E-state index is 6.62. The van der Waals surface area contributed by atoms with E-state index in [9.17, 15) is 0 Å². The second-order valence-corrected chi connectivity index (χ2v) is 14.1. The minimum absolute atomic E-state index is 0.153. The van der Waals surface area contributed by atoms with Gasteiger partial charge >= 0.3 is 0 Å². The van der Waals surface area contributed by atoms with Crippen molar-refractivity contribution in [1.29, 1.82) is 0 Å². The first-order chi connectivity index (χ1) is 25.5. The van der Waals surface area contributed by atoms with Crippen molar-refractivity contribution in [2.75, 3.05) is 0 Å². The smallest absolute Gasteiger partial charge is 0.161 e. The molecule has 52 heavy (non-hydrogen) atoms. The first-order valence-electron chi connectivity index (χ1n) is 17.8. The molecule has 1 aliphatic rings. The summed E-state index contributed by atoms with van der Waals surface area (Å²) < 4.78 is 6.62. The molecule has 246 valence electrons. The molecule has 7 aromatic carbocycles. The molecule has 3 heteroatoms. The van der Waals surface area contributed by atoms with Gasteiger partial charge in [0.1, 0.15) is 11.2 Å². The summed E-state index contributed by atoms with van der Waals surface area (Å²) in [4.78, 5) is 10.4. The van der Waals surface area contributed by atoms with Crippen molar-refractivity contribution < 1.29 is 4.42 Å². The Morgan fingerprint density at radius 2 is 0.981 bits per heavy atom. The van der Waals surface area contributed by atoms with E-state index in [0.717, 1.165) is 72.3 Å². The molecule has 0 fully saturated rings. The highest BCUT2D eigenvalue weighted by atomic mass is 16.3. The van der Waals surface area contributed by atoms with Gasteiger partial charge < -0.3 is 4.42 Å². The molecule has 0 unspecified atom stereocenters. The van der Waals surface area contributed by atoms with Crippen molar-refractivity contribution in [3.63, 3.8) is 0 Å². The quantitative estimate of drug-likeness (QED) is 0.183. The van der Waals surface area contributed by atoms with Crippen LogP contribution in [0.5, 0.6) is 0 Å². The van der Waals surface area contributed by atoms with Crippen molar-refractivity contribution in [3.05, 3.63) is 181 Å². The number of benzene rings is 7. The van der Waals surface area contributed by atoms with Crippen LogP contribution in [0.2, 0.25) is 0 Å². The van der Waals surface area contributed by atoms with E-state index >= 15 is 0 Å². The second-order valence-electron chi connectivity index (χ2n) is 14.1. The van der Waals surface area contributed by atoms with Crippen LogP contribution in [0.15, 0.2) is 174 Å². The van der Waals surface area contributed by atoms with Crippen molar-refractivity contribution in [2.45, 2.75) is 19.3 Å². The lowest BCUT2D eigenvalue weighted by atomic mass is 9.82. The van der Waals surface area contributed by atoms with E-state index in [-0.39, 0.29) is 5.41 Å². The Balaban J connectivity index is 1.15. The molecule has 0 saturated carbocycles. The molecule has 0 amide bonds. The fourth-order valence-electron chi connectivity index (χ4n) is 8.15. The number of aromatic nitrogens is 2. The number of furan rings is 1. The Morgan fingerprint density at radius 1 is 0.423 bits per heavy atom. The third-order valence-electron chi connectivity index (χ3n) is 10.7. The third kappa shape index (κ3) is 4.74. The van der Waals surface area contributed by atoms with Crippen LogP contribution in [0.25, 0.3) is 89.2 Å². The van der Waals surface area contributed by atoms with Crippen LogP contribution in [0.3, 0.4) is 0 Å². The van der Waals surface area contributed by atoms with Crippen LogP contribution in [0.1, 0.15) is 25.0 Å². The first kappa shape index (κ1) is 30.3. The maximum atomic E-state index is 6.62. The van der Waals surface area contributed by atoms with Crippen LogP contribution < -0.4 is 0 Å². The average molecular weight is 667 g/mol. The predicted molar refractivity (Wildman–Crippen MR) is 214 cm³/mol. The third-order valence-corrected chi connectivity index (χ3v) is 10.7. The van der Waals surface area contributed by atoms with Gasteiger partial charge in [-0.2, -0.15) is 0 Å². The minimum atomic E-state index is -0.153. The highest BCUT2D eigenvalue weighted by molar-refractivity contribution is 6.12. The summed E-state index contributed by atoms with van der Waals surface area (Å²) in [6.07, 6.45) is 0. The van der Waals surface area contributed by atoms with Crippen molar-refractivity contribution in [2.24, 2.45) is 0 Å². The van der Waals surface area contributed by atoms with E-state index in [1.165, 1.54) is 22.3 Å². The molecular weight excluding hydrogens is 633 g/mol. The summed E-state index contributed by atoms with van der Waals surface area (Å²) in [6.45, 7) is 4.65. The highest BCUT2D eigenvalue weighted by Gasteiger charge is 2.38. The van der Waals surface area contributed by atoms with Crippen LogP contribution in [0.4, 0.5) is 0 Å². The zero-order chi connectivity index (χ0) is 34.8. The van der Waals surface area contributed by atoms with Crippen molar-refractivity contribution in [1.82, 2.24) is 9.97 Å². The summed E-state index contributed by atoms with van der Waals surface area (Å²) in [5.74, 6) is 0.697. The lowest BCUT2D eigenvalue weighted by molar-refractivity contribution is 0.653. The Kier molecular flexibility index (Phi) is 6.84. The lowest BCUT2D eigenvalue weighted by Crippen LogP contribution is -2.14. The van der Waals surface area contributed by atoms with Crippen LogP contribution in [0, 0.1) is 0 Å². The molecule has 2 heterocycles. The molecule has 0 bridgehead atoms. The molecule has 0 spiro atoms. The second kappa shape index (κ2) is 11.8. The average Bonchev–Trinajstić information content (AvgIpc) is 3.70. The van der Waals surface area contributed by atoms with E-state index in [4.69, 9.17) is 14.4 Å². The molecule has 3 nitrogen and oxygen atoms in total. The van der Waals surface area contributed by atoms with E-state index in [1.807, 2.05) is 18.2 Å². The lowest BCUT2D eigenvalue weighted by Gasteiger charge is -2.21. The largest absolute Gasteiger partial charge is 0.455 e. The molecule has 0 radical (unpaired) electrons. The monoisotopic (exact) mass is 666 g/mol. The van der Waals surface area contributed by atoms with Gasteiger partial charge in [-0.05, 0) is 57.1 Å². The molecule has 0 saturated heterocycles. The summed E-state index contributed by atoms with van der Waals surface area (Å²) >= 11 is 0. The normalized spacial score (nSPS) is 13.0. The maximum Gasteiger partial charge on any atom is 0.161 e. The Bertz CT molecular complexity index is 2760. The van der Waals surface area contributed by atoms with E-state index in [2.05, 4.69) is 166 Å². The topological polar surface area (TPSA) is 38.9 Å². The molecule has 2 aromatic heterocycles. The van der Waals surface area contributed by atoms with Gasteiger partial charge in [0, 0.05) is 38.4 Å². The summed E-state index contributed by atoms with van der Waals surface area (Å²) in [7, 11) is 0. The SMILES string of the molecule is CC1(C)c2ccc(-c3ccccc3-c3ccccc3-c3nc(-c4ccccc4)cc(-c4ccccc4)n3)cc2-c2c1ccc1c2oc2ccccc21. The van der Waals surface area contributed by atoms with Gasteiger partial charge in [-0.25, -0.2) is 9.97 Å². The van der Waals surface area contributed by atoms with Gasteiger partial charge in [-0.1, -0.05) is 166 Å². The fraction of sp³-hybridized carbons (Fsp3) is 0.0612.